The van der Waals surface area contributed by atoms with E-state index in [-0.39, 0.29) is 5.91 Å². The maximum Gasteiger partial charge on any atom is 0.261 e. The molecule has 25 heavy (non-hydrogen) atoms. The monoisotopic (exact) mass is 348 g/mol. The molecular formula is C20H32N2O3. The van der Waals surface area contributed by atoms with Gasteiger partial charge in [-0.2, -0.15) is 0 Å². The van der Waals surface area contributed by atoms with Gasteiger partial charge in [0.15, 0.2) is 6.10 Å². The van der Waals surface area contributed by atoms with Gasteiger partial charge in [-0.3, -0.25) is 4.79 Å². The highest BCUT2D eigenvalue weighted by Crippen LogP contribution is 2.20. The Labute approximate surface area is 151 Å². The van der Waals surface area contributed by atoms with Gasteiger partial charge in [-0.05, 0) is 63.4 Å². The summed E-state index contributed by atoms with van der Waals surface area (Å²) in [5.74, 6) is 2.19. The zero-order chi connectivity index (χ0) is 18.1. The predicted octanol–water partition coefficient (Wildman–Crippen LogP) is 3.09. The maximum absolute atomic E-state index is 12.3. The molecule has 1 atom stereocenters. The number of hydrogen-bond acceptors (Lipinski definition) is 4. The summed E-state index contributed by atoms with van der Waals surface area (Å²) >= 11 is 0. The fourth-order valence-corrected chi connectivity index (χ4v) is 3.07. The molecule has 0 spiro atoms. The number of nitrogens with one attached hydrogen (secondary N) is 1. The first-order valence-electron chi connectivity index (χ1n) is 9.43. The van der Waals surface area contributed by atoms with Crippen molar-refractivity contribution in [1.29, 1.82) is 0 Å². The lowest BCUT2D eigenvalue weighted by molar-refractivity contribution is -0.128. The molecule has 2 rings (SSSR count). The molecule has 1 aromatic rings. The topological polar surface area (TPSA) is 50.8 Å². The summed E-state index contributed by atoms with van der Waals surface area (Å²) in [6.45, 7) is 8.41. The molecule has 1 unspecified atom stereocenters. The van der Waals surface area contributed by atoms with Gasteiger partial charge in [0.2, 0.25) is 0 Å². The molecule has 1 fully saturated rings. The smallest absolute Gasteiger partial charge is 0.261 e. The minimum absolute atomic E-state index is 0.0439. The van der Waals surface area contributed by atoms with Crippen molar-refractivity contribution in [3.63, 3.8) is 0 Å². The van der Waals surface area contributed by atoms with E-state index in [1.807, 2.05) is 25.1 Å². The van der Waals surface area contributed by atoms with Crippen molar-refractivity contribution >= 4 is 5.91 Å². The lowest BCUT2D eigenvalue weighted by Crippen LogP contribution is -2.40. The lowest BCUT2D eigenvalue weighted by atomic mass is 9.99. The molecule has 0 bridgehead atoms. The minimum atomic E-state index is -0.469. The van der Waals surface area contributed by atoms with E-state index in [0.29, 0.717) is 18.7 Å². The molecule has 1 amide bonds. The average molecular weight is 348 g/mol. The second kappa shape index (κ2) is 10.3. The van der Waals surface area contributed by atoms with Gasteiger partial charge in [0.1, 0.15) is 11.5 Å². The fraction of sp³-hybridized carbons (Fsp3) is 0.650. The maximum atomic E-state index is 12.3. The highest BCUT2D eigenvalue weighted by Gasteiger charge is 2.19. The normalized spacial score (nSPS) is 17.1. The van der Waals surface area contributed by atoms with Crippen molar-refractivity contribution < 1.29 is 14.3 Å². The number of rotatable bonds is 9. The Balaban J connectivity index is 1.70. The van der Waals surface area contributed by atoms with Crippen molar-refractivity contribution in [1.82, 2.24) is 10.2 Å². The summed E-state index contributed by atoms with van der Waals surface area (Å²) in [5.41, 5.74) is 0. The van der Waals surface area contributed by atoms with Crippen LogP contribution < -0.4 is 14.8 Å². The van der Waals surface area contributed by atoms with Crippen LogP contribution in [0.5, 0.6) is 11.5 Å². The summed E-state index contributed by atoms with van der Waals surface area (Å²) in [4.78, 5) is 14.8. The van der Waals surface area contributed by atoms with Crippen molar-refractivity contribution in [2.75, 3.05) is 33.3 Å². The van der Waals surface area contributed by atoms with Crippen LogP contribution in [-0.2, 0) is 4.79 Å². The third-order valence-electron chi connectivity index (χ3n) is 4.81. The largest absolute Gasteiger partial charge is 0.497 e. The van der Waals surface area contributed by atoms with E-state index in [0.717, 1.165) is 24.6 Å². The Morgan fingerprint density at radius 1 is 1.32 bits per heavy atom. The van der Waals surface area contributed by atoms with E-state index in [4.69, 9.17) is 9.47 Å². The standard InChI is InChI=1S/C20H32N2O3/c1-4-19(25-18-8-5-7-17(15-18)24-3)20(23)21-11-6-12-22-13-9-16(2)10-14-22/h5,7-8,15-16,19H,4,6,9-14H2,1-3H3,(H,21,23). The van der Waals surface area contributed by atoms with Gasteiger partial charge in [-0.25, -0.2) is 0 Å². The first-order chi connectivity index (χ1) is 12.1. The molecule has 1 aliphatic heterocycles. The molecule has 140 valence electrons. The van der Waals surface area contributed by atoms with Crippen LogP contribution in [0.25, 0.3) is 0 Å². The highest BCUT2D eigenvalue weighted by molar-refractivity contribution is 5.81. The number of hydrogen-bond donors (Lipinski definition) is 1. The second-order valence-corrected chi connectivity index (χ2v) is 6.86. The SMILES string of the molecule is CCC(Oc1cccc(OC)c1)C(=O)NCCCN1CCC(C)CC1. The summed E-state index contributed by atoms with van der Waals surface area (Å²) in [7, 11) is 1.62. The summed E-state index contributed by atoms with van der Waals surface area (Å²) < 4.78 is 11.0. The first-order valence-corrected chi connectivity index (χ1v) is 9.43. The number of likely N-dealkylation sites (tertiary alicyclic amines) is 1. The Morgan fingerprint density at radius 2 is 2.04 bits per heavy atom. The average Bonchev–Trinajstić information content (AvgIpc) is 2.64. The molecule has 5 nitrogen and oxygen atoms in total. The van der Waals surface area contributed by atoms with Crippen LogP contribution in [0.1, 0.15) is 39.5 Å². The number of ether oxygens (including phenoxy) is 2. The lowest BCUT2D eigenvalue weighted by Gasteiger charge is -2.30. The molecule has 0 radical (unpaired) electrons. The van der Waals surface area contributed by atoms with Crippen LogP contribution >= 0.6 is 0 Å². The van der Waals surface area contributed by atoms with Gasteiger partial charge in [0.25, 0.3) is 5.91 Å². The fourth-order valence-electron chi connectivity index (χ4n) is 3.07. The predicted molar refractivity (Wildman–Crippen MR) is 100 cm³/mol. The van der Waals surface area contributed by atoms with E-state index < -0.39 is 6.10 Å². The van der Waals surface area contributed by atoms with Crippen molar-refractivity contribution in [2.24, 2.45) is 5.92 Å². The van der Waals surface area contributed by atoms with Crippen LogP contribution in [0.15, 0.2) is 24.3 Å². The molecule has 1 saturated heterocycles. The Kier molecular flexibility index (Phi) is 8.06. The van der Waals surface area contributed by atoms with Gasteiger partial charge >= 0.3 is 0 Å². The molecule has 5 heteroatoms. The third kappa shape index (κ3) is 6.58. The van der Waals surface area contributed by atoms with E-state index in [1.54, 1.807) is 13.2 Å². The van der Waals surface area contributed by atoms with E-state index in [1.165, 1.54) is 25.9 Å². The van der Waals surface area contributed by atoms with E-state index >= 15 is 0 Å². The van der Waals surface area contributed by atoms with Crippen LogP contribution in [-0.4, -0.2) is 50.2 Å². The van der Waals surface area contributed by atoms with Gasteiger partial charge in [-0.15, -0.1) is 0 Å². The van der Waals surface area contributed by atoms with Gasteiger partial charge in [-0.1, -0.05) is 19.9 Å². The molecule has 1 N–H and O–H groups in total. The van der Waals surface area contributed by atoms with Crippen LogP contribution in [0.2, 0.25) is 0 Å². The number of amides is 1. The van der Waals surface area contributed by atoms with Crippen LogP contribution in [0.3, 0.4) is 0 Å². The van der Waals surface area contributed by atoms with Gasteiger partial charge in [0.05, 0.1) is 7.11 Å². The molecular weight excluding hydrogens is 316 g/mol. The Bertz CT molecular complexity index is 527. The number of piperidine rings is 1. The van der Waals surface area contributed by atoms with Crippen molar-refractivity contribution in [2.45, 2.75) is 45.6 Å². The molecule has 1 aliphatic rings. The Morgan fingerprint density at radius 3 is 2.72 bits per heavy atom. The summed E-state index contributed by atoms with van der Waals surface area (Å²) in [6, 6.07) is 7.36. The summed E-state index contributed by atoms with van der Waals surface area (Å²) in [5, 5.41) is 3.01. The highest BCUT2D eigenvalue weighted by atomic mass is 16.5. The van der Waals surface area contributed by atoms with Gasteiger partial charge < -0.3 is 19.7 Å². The number of methoxy groups -OCH3 is 1. The molecule has 0 saturated carbocycles. The second-order valence-electron chi connectivity index (χ2n) is 6.86. The number of carbonyl (C=O) groups excluding carboxylic acids is 1. The zero-order valence-electron chi connectivity index (χ0n) is 15.8. The van der Waals surface area contributed by atoms with Gasteiger partial charge in [0, 0.05) is 12.6 Å². The molecule has 0 aliphatic carbocycles. The van der Waals surface area contributed by atoms with Crippen molar-refractivity contribution in [3.8, 4) is 11.5 Å². The quantitative estimate of drug-likeness (QED) is 0.697. The van der Waals surface area contributed by atoms with E-state index in [9.17, 15) is 4.79 Å². The van der Waals surface area contributed by atoms with Crippen LogP contribution in [0, 0.1) is 5.92 Å². The molecule has 1 aromatic carbocycles. The number of benzene rings is 1. The zero-order valence-corrected chi connectivity index (χ0v) is 15.8. The minimum Gasteiger partial charge on any atom is -0.497 e. The van der Waals surface area contributed by atoms with E-state index in [2.05, 4.69) is 17.1 Å². The number of nitrogens with zero attached hydrogens (tertiary/aromatic N) is 1. The van der Waals surface area contributed by atoms with Crippen molar-refractivity contribution in [3.05, 3.63) is 24.3 Å². The third-order valence-corrected chi connectivity index (χ3v) is 4.81. The molecule has 0 aromatic heterocycles. The summed E-state index contributed by atoms with van der Waals surface area (Å²) in [6.07, 6.45) is 3.73. The molecule has 1 heterocycles. The first kappa shape index (κ1) is 19.6. The Hall–Kier alpha value is -1.75. The number of carbonyl (C=O) groups is 1. The van der Waals surface area contributed by atoms with Crippen LogP contribution in [0.4, 0.5) is 0 Å².